The number of aromatic hydroxyl groups is 1. The molecule has 2 saturated heterocycles. The van der Waals surface area contributed by atoms with Gasteiger partial charge in [-0.05, 0) is 74.8 Å². The minimum absolute atomic E-state index is 0.124. The number of aromatic amines is 1. The highest BCUT2D eigenvalue weighted by atomic mass is 16.5. The first kappa shape index (κ1) is 22.0. The van der Waals surface area contributed by atoms with Crippen molar-refractivity contribution in [1.82, 2.24) is 19.7 Å². The van der Waals surface area contributed by atoms with Crippen molar-refractivity contribution >= 4 is 22.8 Å². The molecular weight excluding hydrogens is 444 g/mol. The zero-order chi connectivity index (χ0) is 24.3. The molecule has 8 nitrogen and oxygen atoms in total. The number of amides is 3. The van der Waals surface area contributed by atoms with Crippen molar-refractivity contribution in [1.29, 1.82) is 0 Å². The van der Waals surface area contributed by atoms with Crippen LogP contribution in [0.15, 0.2) is 42.5 Å². The molecule has 1 aromatic heterocycles. The Balaban J connectivity index is 1.49. The van der Waals surface area contributed by atoms with Crippen LogP contribution in [0, 0.1) is 0 Å². The second-order valence-electron chi connectivity index (χ2n) is 9.91. The number of hydrogen-bond acceptors (Lipinski definition) is 5. The summed E-state index contributed by atoms with van der Waals surface area (Å²) in [5.41, 5.74) is 2.57. The largest absolute Gasteiger partial charge is 0.508 e. The van der Waals surface area contributed by atoms with E-state index in [2.05, 4.69) is 9.88 Å². The number of benzene rings is 2. The van der Waals surface area contributed by atoms with Crippen LogP contribution >= 0.6 is 0 Å². The maximum absolute atomic E-state index is 13.8. The number of phenols is 1. The lowest BCUT2D eigenvalue weighted by atomic mass is 9.81. The van der Waals surface area contributed by atoms with Gasteiger partial charge in [0.2, 0.25) is 0 Å². The number of carbonyl (C=O) groups is 2. The van der Waals surface area contributed by atoms with E-state index in [-0.39, 0.29) is 17.7 Å². The molecule has 0 aliphatic carbocycles. The summed E-state index contributed by atoms with van der Waals surface area (Å²) in [6, 6.07) is 12.1. The van der Waals surface area contributed by atoms with Crippen LogP contribution in [0.25, 0.3) is 10.9 Å². The van der Waals surface area contributed by atoms with Crippen LogP contribution in [-0.4, -0.2) is 75.1 Å². The number of carbonyl (C=O) groups excluding carboxylic acids is 2. The van der Waals surface area contributed by atoms with Crippen molar-refractivity contribution in [3.8, 4) is 11.5 Å². The Labute approximate surface area is 204 Å². The number of nitrogens with one attached hydrogen (secondary N) is 1. The quantitative estimate of drug-likeness (QED) is 0.533. The fourth-order valence-electron chi connectivity index (χ4n) is 5.83. The van der Waals surface area contributed by atoms with Crippen molar-refractivity contribution < 1.29 is 19.4 Å². The molecule has 6 rings (SSSR count). The van der Waals surface area contributed by atoms with E-state index in [1.54, 1.807) is 23.1 Å². The number of imide groups is 1. The molecule has 3 amide bonds. The summed E-state index contributed by atoms with van der Waals surface area (Å²) >= 11 is 0. The van der Waals surface area contributed by atoms with Gasteiger partial charge in [-0.2, -0.15) is 0 Å². The van der Waals surface area contributed by atoms with Gasteiger partial charge in [-0.3, -0.25) is 14.6 Å². The predicted molar refractivity (Wildman–Crippen MR) is 132 cm³/mol. The number of urea groups is 1. The number of rotatable bonds is 6. The number of phenolic OH excluding ortho intramolecular Hbond substituents is 1. The summed E-state index contributed by atoms with van der Waals surface area (Å²) in [4.78, 5) is 36.6. The lowest BCUT2D eigenvalue weighted by Crippen LogP contribution is -2.53. The molecule has 3 aliphatic heterocycles. The van der Waals surface area contributed by atoms with E-state index in [0.29, 0.717) is 26.1 Å². The van der Waals surface area contributed by atoms with Gasteiger partial charge in [-0.25, -0.2) is 4.79 Å². The molecule has 2 N–H and O–H groups in total. The molecule has 0 bridgehead atoms. The van der Waals surface area contributed by atoms with Crippen LogP contribution < -0.4 is 4.74 Å². The first-order valence-corrected chi connectivity index (χ1v) is 12.3. The normalized spacial score (nSPS) is 24.0. The van der Waals surface area contributed by atoms with Crippen molar-refractivity contribution in [2.24, 2.45) is 0 Å². The van der Waals surface area contributed by atoms with Gasteiger partial charge in [0.05, 0.1) is 6.61 Å². The molecular formula is C27H30N4O4. The lowest BCUT2D eigenvalue weighted by Gasteiger charge is -2.42. The van der Waals surface area contributed by atoms with E-state index < -0.39 is 11.6 Å². The third-order valence-corrected chi connectivity index (χ3v) is 7.72. The molecule has 2 aromatic carbocycles. The Hall–Kier alpha value is -3.52. The average Bonchev–Trinajstić information content (AvgIpc) is 3.24. The van der Waals surface area contributed by atoms with E-state index in [1.165, 1.54) is 4.90 Å². The van der Waals surface area contributed by atoms with E-state index >= 15 is 0 Å². The number of likely N-dealkylation sites (tertiary alicyclic amines) is 1. The van der Waals surface area contributed by atoms with Crippen molar-refractivity contribution in [3.63, 3.8) is 0 Å². The molecule has 2 atom stereocenters. The zero-order valence-corrected chi connectivity index (χ0v) is 20.1. The summed E-state index contributed by atoms with van der Waals surface area (Å²) in [5, 5.41) is 11.3. The summed E-state index contributed by atoms with van der Waals surface area (Å²) in [6.07, 6.45) is 1.58. The summed E-state index contributed by atoms with van der Waals surface area (Å²) < 4.78 is 5.75. The standard InChI is InChI=1S/C27H30N4O4/c1-3-35-19-8-9-22-20(15-19)21-16-27(2)25(33)30(13-12-29-10-5-11-29)26(34)31(27)24(23(21)28-22)17-6-4-7-18(32)14-17/h4,6-9,14-15,24,28,32H,3,5,10-13,16H2,1-2H3/t24-,27+/m1/s1. The Kier molecular flexibility index (Phi) is 5.03. The molecule has 3 aromatic rings. The van der Waals surface area contributed by atoms with Crippen LogP contribution in [0.2, 0.25) is 0 Å². The number of hydrogen-bond donors (Lipinski definition) is 2. The van der Waals surface area contributed by atoms with Gasteiger partial charge in [0.1, 0.15) is 23.1 Å². The summed E-state index contributed by atoms with van der Waals surface area (Å²) in [6.45, 7) is 7.51. The van der Waals surface area contributed by atoms with Crippen LogP contribution in [0.3, 0.4) is 0 Å². The molecule has 0 unspecified atom stereocenters. The van der Waals surface area contributed by atoms with Crippen LogP contribution in [0.4, 0.5) is 4.79 Å². The molecule has 2 fully saturated rings. The molecule has 35 heavy (non-hydrogen) atoms. The highest BCUT2D eigenvalue weighted by Gasteiger charge is 2.60. The topological polar surface area (TPSA) is 89.1 Å². The van der Waals surface area contributed by atoms with Gasteiger partial charge in [0.15, 0.2) is 0 Å². The minimum Gasteiger partial charge on any atom is -0.508 e. The van der Waals surface area contributed by atoms with Crippen molar-refractivity contribution in [3.05, 3.63) is 59.3 Å². The number of aromatic nitrogens is 1. The monoisotopic (exact) mass is 474 g/mol. The molecule has 182 valence electrons. The fourth-order valence-corrected chi connectivity index (χ4v) is 5.83. The van der Waals surface area contributed by atoms with Gasteiger partial charge in [0.25, 0.3) is 5.91 Å². The van der Waals surface area contributed by atoms with Gasteiger partial charge in [-0.15, -0.1) is 0 Å². The molecule has 3 aliphatic rings. The molecule has 4 heterocycles. The smallest absolute Gasteiger partial charge is 0.328 e. The van der Waals surface area contributed by atoms with Crippen LogP contribution in [-0.2, 0) is 11.2 Å². The first-order chi connectivity index (χ1) is 16.9. The third-order valence-electron chi connectivity index (χ3n) is 7.72. The van der Waals surface area contributed by atoms with Crippen LogP contribution in [0.1, 0.15) is 43.1 Å². The van der Waals surface area contributed by atoms with E-state index in [9.17, 15) is 14.7 Å². The van der Waals surface area contributed by atoms with Gasteiger partial charge < -0.3 is 19.7 Å². The second-order valence-corrected chi connectivity index (χ2v) is 9.91. The van der Waals surface area contributed by atoms with Gasteiger partial charge in [0, 0.05) is 36.1 Å². The first-order valence-electron chi connectivity index (χ1n) is 12.3. The van der Waals surface area contributed by atoms with Gasteiger partial charge >= 0.3 is 6.03 Å². The Morgan fingerprint density at radius 3 is 2.69 bits per heavy atom. The Morgan fingerprint density at radius 1 is 1.14 bits per heavy atom. The number of fused-ring (bicyclic) bond motifs is 4. The highest BCUT2D eigenvalue weighted by Crippen LogP contribution is 2.49. The number of nitrogens with zero attached hydrogens (tertiary/aromatic N) is 3. The zero-order valence-electron chi connectivity index (χ0n) is 20.1. The van der Waals surface area contributed by atoms with Crippen LogP contribution in [0.5, 0.6) is 11.5 Å². The van der Waals surface area contributed by atoms with E-state index in [0.717, 1.165) is 53.0 Å². The molecule has 0 radical (unpaired) electrons. The number of H-pyrrole nitrogens is 1. The number of ether oxygens (including phenoxy) is 1. The van der Waals surface area contributed by atoms with E-state index in [4.69, 9.17) is 4.74 Å². The lowest BCUT2D eigenvalue weighted by molar-refractivity contribution is -0.133. The molecule has 0 spiro atoms. The Morgan fingerprint density at radius 2 is 1.97 bits per heavy atom. The second kappa shape index (κ2) is 8.02. The maximum atomic E-state index is 13.8. The summed E-state index contributed by atoms with van der Waals surface area (Å²) in [7, 11) is 0. The van der Waals surface area contributed by atoms with Crippen molar-refractivity contribution in [2.45, 2.75) is 38.3 Å². The molecule has 8 heteroatoms. The highest BCUT2D eigenvalue weighted by molar-refractivity contribution is 6.08. The van der Waals surface area contributed by atoms with Gasteiger partial charge in [-0.1, -0.05) is 12.1 Å². The fraction of sp³-hybridized carbons (Fsp3) is 0.407. The maximum Gasteiger partial charge on any atom is 0.328 e. The SMILES string of the molecule is CCOc1ccc2[nH]c3c(c2c1)C[C@@]1(C)C(=O)N(CCN2CCC2)C(=O)N1[C@@H]3c1cccc(O)c1. The average molecular weight is 475 g/mol. The van der Waals surface area contributed by atoms with Crippen molar-refractivity contribution in [2.75, 3.05) is 32.8 Å². The predicted octanol–water partition coefficient (Wildman–Crippen LogP) is 3.65. The summed E-state index contributed by atoms with van der Waals surface area (Å²) in [5.74, 6) is 0.737. The molecule has 0 saturated carbocycles. The Bertz CT molecular complexity index is 1330. The van der Waals surface area contributed by atoms with E-state index in [1.807, 2.05) is 38.1 Å². The third kappa shape index (κ3) is 3.31. The minimum atomic E-state index is -1.02.